The van der Waals surface area contributed by atoms with Gasteiger partial charge in [-0.05, 0) is 31.0 Å². The van der Waals surface area contributed by atoms with Crippen molar-refractivity contribution in [2.24, 2.45) is 0 Å². The lowest BCUT2D eigenvalue weighted by molar-refractivity contribution is 0.131. The van der Waals surface area contributed by atoms with E-state index in [0.29, 0.717) is 6.61 Å². The van der Waals surface area contributed by atoms with Crippen LogP contribution < -0.4 is 10.1 Å². The number of ether oxygens (including phenoxy) is 3. The third-order valence-electron chi connectivity index (χ3n) is 3.44. The molecule has 1 aromatic carbocycles. The summed E-state index contributed by atoms with van der Waals surface area (Å²) in [5, 5.41) is 3.48. The van der Waals surface area contributed by atoms with Crippen LogP contribution in [0, 0.1) is 0 Å². The summed E-state index contributed by atoms with van der Waals surface area (Å²) < 4.78 is 16.1. The van der Waals surface area contributed by atoms with Gasteiger partial charge in [0, 0.05) is 31.9 Å². The first-order valence-corrected chi connectivity index (χ1v) is 7.69. The Hall–Kier alpha value is -1.10. The molecule has 1 atom stereocenters. The largest absolute Gasteiger partial charge is 0.496 e. The maximum absolute atomic E-state index is 5.56. The minimum absolute atomic E-state index is 0.279. The van der Waals surface area contributed by atoms with Crippen molar-refractivity contribution in [2.45, 2.75) is 39.3 Å². The van der Waals surface area contributed by atoms with Gasteiger partial charge in [0.2, 0.25) is 0 Å². The Kier molecular flexibility index (Phi) is 9.06. The van der Waals surface area contributed by atoms with Crippen LogP contribution in [0.5, 0.6) is 5.75 Å². The van der Waals surface area contributed by atoms with Gasteiger partial charge in [0.1, 0.15) is 5.75 Å². The van der Waals surface area contributed by atoms with Gasteiger partial charge in [-0.2, -0.15) is 0 Å². The summed E-state index contributed by atoms with van der Waals surface area (Å²) in [5.74, 6) is 0.871. The molecule has 0 fully saturated rings. The molecule has 0 saturated carbocycles. The molecule has 0 amide bonds. The number of unbranched alkanes of at least 4 members (excludes halogenated alkanes) is 1. The number of nitrogens with one attached hydrogen (secondary N) is 1. The van der Waals surface area contributed by atoms with E-state index >= 15 is 0 Å². The number of rotatable bonds is 11. The Morgan fingerprint density at radius 3 is 2.67 bits per heavy atom. The zero-order chi connectivity index (χ0) is 15.5. The van der Waals surface area contributed by atoms with Gasteiger partial charge in [-0.25, -0.2) is 0 Å². The van der Waals surface area contributed by atoms with Gasteiger partial charge in [0.15, 0.2) is 0 Å². The molecule has 1 rings (SSSR count). The first-order valence-electron chi connectivity index (χ1n) is 7.69. The molecule has 0 aromatic heterocycles. The van der Waals surface area contributed by atoms with Crippen LogP contribution in [0.4, 0.5) is 0 Å². The lowest BCUT2D eigenvalue weighted by atomic mass is 10.0. The highest BCUT2D eigenvalue weighted by atomic mass is 16.5. The van der Waals surface area contributed by atoms with Crippen LogP contribution in [0.2, 0.25) is 0 Å². The fourth-order valence-electron chi connectivity index (χ4n) is 2.15. The Labute approximate surface area is 128 Å². The fourth-order valence-corrected chi connectivity index (χ4v) is 2.15. The molecule has 120 valence electrons. The summed E-state index contributed by atoms with van der Waals surface area (Å²) in [5.41, 5.74) is 2.31. The summed E-state index contributed by atoms with van der Waals surface area (Å²) in [4.78, 5) is 0. The SMILES string of the molecule is CCCCOCCNC(C)c1ccc(OC)c(COC)c1. The maximum Gasteiger partial charge on any atom is 0.124 e. The molecule has 1 unspecified atom stereocenters. The fraction of sp³-hybridized carbons (Fsp3) is 0.647. The second-order valence-electron chi connectivity index (χ2n) is 5.15. The van der Waals surface area contributed by atoms with Gasteiger partial charge in [-0.15, -0.1) is 0 Å². The van der Waals surface area contributed by atoms with Gasteiger partial charge in [0.05, 0.1) is 20.3 Å². The molecule has 1 N–H and O–H groups in total. The molecule has 0 radical (unpaired) electrons. The van der Waals surface area contributed by atoms with Gasteiger partial charge in [-0.3, -0.25) is 0 Å². The minimum atomic E-state index is 0.279. The third-order valence-corrected chi connectivity index (χ3v) is 3.44. The first-order chi connectivity index (χ1) is 10.2. The molecule has 21 heavy (non-hydrogen) atoms. The summed E-state index contributed by atoms with van der Waals surface area (Å²) in [6, 6.07) is 6.51. The van der Waals surface area contributed by atoms with E-state index in [0.717, 1.165) is 37.5 Å². The molecular weight excluding hydrogens is 266 g/mol. The Morgan fingerprint density at radius 2 is 2.00 bits per heavy atom. The highest BCUT2D eigenvalue weighted by molar-refractivity contribution is 5.38. The number of methoxy groups -OCH3 is 2. The monoisotopic (exact) mass is 295 g/mol. The first kappa shape index (κ1) is 18.0. The van der Waals surface area contributed by atoms with E-state index in [-0.39, 0.29) is 6.04 Å². The van der Waals surface area contributed by atoms with E-state index in [1.165, 1.54) is 12.0 Å². The predicted octanol–water partition coefficient (Wildman–Crippen LogP) is 3.31. The molecule has 0 aliphatic carbocycles. The van der Waals surface area contributed by atoms with E-state index in [1.54, 1.807) is 14.2 Å². The van der Waals surface area contributed by atoms with E-state index in [2.05, 4.69) is 31.3 Å². The lowest BCUT2D eigenvalue weighted by Gasteiger charge is -2.17. The van der Waals surface area contributed by atoms with E-state index < -0.39 is 0 Å². The van der Waals surface area contributed by atoms with E-state index in [4.69, 9.17) is 14.2 Å². The summed E-state index contributed by atoms with van der Waals surface area (Å²) in [6.07, 6.45) is 2.31. The number of hydrogen-bond acceptors (Lipinski definition) is 4. The number of benzene rings is 1. The van der Waals surface area contributed by atoms with Crippen LogP contribution in [-0.4, -0.2) is 34.0 Å². The zero-order valence-corrected chi connectivity index (χ0v) is 13.8. The summed E-state index contributed by atoms with van der Waals surface area (Å²) in [6.45, 7) is 7.36. The molecule has 0 spiro atoms. The van der Waals surface area contributed by atoms with Crippen molar-refractivity contribution >= 4 is 0 Å². The Bertz CT molecular complexity index is 396. The highest BCUT2D eigenvalue weighted by Crippen LogP contribution is 2.23. The zero-order valence-electron chi connectivity index (χ0n) is 13.8. The van der Waals surface area contributed by atoms with Crippen molar-refractivity contribution in [2.75, 3.05) is 34.0 Å². The lowest BCUT2D eigenvalue weighted by Crippen LogP contribution is -2.23. The average molecular weight is 295 g/mol. The standard InChI is InChI=1S/C17H29NO3/c1-5-6-10-21-11-9-18-14(2)15-7-8-17(20-4)16(12-15)13-19-3/h7-8,12,14,18H,5-6,9-11,13H2,1-4H3. The van der Waals surface area contributed by atoms with Crippen molar-refractivity contribution in [1.29, 1.82) is 0 Å². The van der Waals surface area contributed by atoms with Crippen LogP contribution in [-0.2, 0) is 16.1 Å². The predicted molar refractivity (Wildman–Crippen MR) is 85.9 cm³/mol. The van der Waals surface area contributed by atoms with Crippen LogP contribution in [0.15, 0.2) is 18.2 Å². The summed E-state index contributed by atoms with van der Waals surface area (Å²) in [7, 11) is 3.38. The van der Waals surface area contributed by atoms with Crippen molar-refractivity contribution < 1.29 is 14.2 Å². The van der Waals surface area contributed by atoms with Crippen LogP contribution in [0.3, 0.4) is 0 Å². The maximum atomic E-state index is 5.56. The molecule has 0 saturated heterocycles. The van der Waals surface area contributed by atoms with Gasteiger partial charge in [0.25, 0.3) is 0 Å². The molecule has 0 heterocycles. The quantitative estimate of drug-likeness (QED) is 0.636. The second kappa shape index (κ2) is 10.6. The van der Waals surface area contributed by atoms with E-state index in [1.807, 2.05) is 6.07 Å². The van der Waals surface area contributed by atoms with E-state index in [9.17, 15) is 0 Å². The second-order valence-corrected chi connectivity index (χ2v) is 5.15. The third kappa shape index (κ3) is 6.46. The summed E-state index contributed by atoms with van der Waals surface area (Å²) >= 11 is 0. The Morgan fingerprint density at radius 1 is 1.19 bits per heavy atom. The van der Waals surface area contributed by atoms with Crippen molar-refractivity contribution in [3.05, 3.63) is 29.3 Å². The van der Waals surface area contributed by atoms with Crippen LogP contribution in [0.1, 0.15) is 43.9 Å². The Balaban J connectivity index is 2.46. The number of hydrogen-bond donors (Lipinski definition) is 1. The molecule has 0 bridgehead atoms. The van der Waals surface area contributed by atoms with Gasteiger partial charge < -0.3 is 19.5 Å². The molecule has 4 heteroatoms. The minimum Gasteiger partial charge on any atom is -0.496 e. The van der Waals surface area contributed by atoms with Crippen molar-refractivity contribution in [3.63, 3.8) is 0 Å². The molecule has 4 nitrogen and oxygen atoms in total. The molecule has 0 aliphatic heterocycles. The smallest absolute Gasteiger partial charge is 0.124 e. The van der Waals surface area contributed by atoms with Gasteiger partial charge >= 0.3 is 0 Å². The van der Waals surface area contributed by atoms with Crippen molar-refractivity contribution in [1.82, 2.24) is 5.32 Å². The molecule has 0 aliphatic rings. The normalized spacial score (nSPS) is 12.4. The average Bonchev–Trinajstić information content (AvgIpc) is 2.50. The molecule has 1 aromatic rings. The van der Waals surface area contributed by atoms with Crippen LogP contribution >= 0.6 is 0 Å². The topological polar surface area (TPSA) is 39.7 Å². The molecular formula is C17H29NO3. The van der Waals surface area contributed by atoms with Gasteiger partial charge in [-0.1, -0.05) is 19.4 Å². The van der Waals surface area contributed by atoms with Crippen LogP contribution in [0.25, 0.3) is 0 Å². The van der Waals surface area contributed by atoms with Crippen molar-refractivity contribution in [3.8, 4) is 5.75 Å². The highest BCUT2D eigenvalue weighted by Gasteiger charge is 2.09.